The molecule has 0 aliphatic carbocycles. The van der Waals surface area contributed by atoms with E-state index in [1.54, 1.807) is 11.3 Å². The Kier molecular flexibility index (Phi) is 3.38. The first-order valence-corrected chi connectivity index (χ1v) is 7.47. The number of aliphatic hydroxyl groups excluding tert-OH is 1. The molecule has 19 heavy (non-hydrogen) atoms. The fourth-order valence-corrected chi connectivity index (χ4v) is 3.66. The van der Waals surface area contributed by atoms with Crippen LogP contribution in [0.5, 0.6) is 0 Å². The summed E-state index contributed by atoms with van der Waals surface area (Å²) in [6.07, 6.45) is 2.44. The minimum absolute atomic E-state index is 0.138. The fourth-order valence-electron chi connectivity index (χ4n) is 1.98. The van der Waals surface area contributed by atoms with E-state index in [0.29, 0.717) is 6.42 Å². The molecule has 0 unspecified atom stereocenters. The summed E-state index contributed by atoms with van der Waals surface area (Å²) in [6, 6.07) is 6.15. The summed E-state index contributed by atoms with van der Waals surface area (Å²) in [5, 5.41) is 9.96. The lowest BCUT2D eigenvalue weighted by molar-refractivity contribution is 0.300. The molecule has 2 aromatic heterocycles. The molecule has 3 rings (SSSR count). The molecular formula is C13H12BrN3OS. The van der Waals surface area contributed by atoms with Crippen molar-refractivity contribution < 1.29 is 5.11 Å². The Morgan fingerprint density at radius 2 is 2.26 bits per heavy atom. The van der Waals surface area contributed by atoms with E-state index in [1.165, 1.54) is 0 Å². The van der Waals surface area contributed by atoms with E-state index >= 15 is 0 Å². The quantitative estimate of drug-likeness (QED) is 0.799. The Hall–Kier alpha value is -1.24. The molecule has 0 aliphatic heterocycles. The first kappa shape index (κ1) is 12.8. The average molecular weight is 338 g/mol. The number of fused-ring (bicyclic) bond motifs is 1. The topological polar surface area (TPSA) is 50.9 Å². The highest BCUT2D eigenvalue weighted by atomic mass is 79.9. The van der Waals surface area contributed by atoms with Crippen LogP contribution >= 0.6 is 27.3 Å². The number of imidazole rings is 1. The van der Waals surface area contributed by atoms with E-state index < -0.39 is 0 Å². The smallest absolute Gasteiger partial charge is 0.125 e. The van der Waals surface area contributed by atoms with Gasteiger partial charge in [-0.05, 0) is 34.1 Å². The molecule has 6 heteroatoms. The van der Waals surface area contributed by atoms with Crippen molar-refractivity contribution in [2.75, 3.05) is 6.61 Å². The van der Waals surface area contributed by atoms with Gasteiger partial charge in [0, 0.05) is 30.5 Å². The van der Waals surface area contributed by atoms with E-state index in [9.17, 15) is 0 Å². The van der Waals surface area contributed by atoms with Crippen molar-refractivity contribution >= 4 is 38.3 Å². The second kappa shape index (κ2) is 5.03. The van der Waals surface area contributed by atoms with Gasteiger partial charge in [0.1, 0.15) is 9.61 Å². The second-order valence-electron chi connectivity index (χ2n) is 4.27. The maximum Gasteiger partial charge on any atom is 0.125 e. The zero-order chi connectivity index (χ0) is 13.4. The number of hydrogen-bond donors (Lipinski definition) is 1. The Balaban J connectivity index is 2.05. The highest BCUT2D eigenvalue weighted by Gasteiger charge is 2.11. The summed E-state index contributed by atoms with van der Waals surface area (Å²) in [4.78, 5) is 9.93. The van der Waals surface area contributed by atoms with Gasteiger partial charge in [-0.15, -0.1) is 11.3 Å². The molecule has 0 amide bonds. The van der Waals surface area contributed by atoms with Crippen LogP contribution in [0.4, 0.5) is 0 Å². The summed E-state index contributed by atoms with van der Waals surface area (Å²) in [5.41, 5.74) is 3.13. The Morgan fingerprint density at radius 3 is 3.05 bits per heavy atom. The van der Waals surface area contributed by atoms with Gasteiger partial charge >= 0.3 is 0 Å². The summed E-state index contributed by atoms with van der Waals surface area (Å²) >= 11 is 5.04. The standard InChI is InChI=1S/C13H12BrN3OS/c1-17-7-15-9-6-8(2-3-10(9)17)13-16-12(14)11(19-13)4-5-18/h2-3,6-7,18H,4-5H2,1H3. The van der Waals surface area contributed by atoms with Gasteiger partial charge in [0.25, 0.3) is 0 Å². The van der Waals surface area contributed by atoms with E-state index in [4.69, 9.17) is 5.11 Å². The van der Waals surface area contributed by atoms with Crippen molar-refractivity contribution in [1.29, 1.82) is 0 Å². The summed E-state index contributed by atoms with van der Waals surface area (Å²) in [7, 11) is 1.98. The van der Waals surface area contributed by atoms with Crippen LogP contribution in [-0.4, -0.2) is 26.2 Å². The van der Waals surface area contributed by atoms with Crippen LogP contribution < -0.4 is 0 Å². The molecule has 0 aliphatic rings. The van der Waals surface area contributed by atoms with Crippen LogP contribution in [0.2, 0.25) is 0 Å². The zero-order valence-electron chi connectivity index (χ0n) is 10.3. The minimum Gasteiger partial charge on any atom is -0.396 e. The summed E-state index contributed by atoms with van der Waals surface area (Å²) in [6.45, 7) is 0.138. The van der Waals surface area contributed by atoms with Gasteiger partial charge in [0.15, 0.2) is 0 Å². The third kappa shape index (κ3) is 2.31. The Labute approximate surface area is 122 Å². The van der Waals surface area contributed by atoms with Crippen molar-refractivity contribution in [2.45, 2.75) is 6.42 Å². The lowest BCUT2D eigenvalue weighted by Crippen LogP contribution is -1.86. The van der Waals surface area contributed by atoms with E-state index in [1.807, 2.05) is 24.0 Å². The van der Waals surface area contributed by atoms with Crippen LogP contribution in [0.3, 0.4) is 0 Å². The normalized spacial score (nSPS) is 11.3. The lowest BCUT2D eigenvalue weighted by Gasteiger charge is -1.97. The summed E-state index contributed by atoms with van der Waals surface area (Å²) in [5.74, 6) is 0. The number of halogens is 1. The number of benzene rings is 1. The summed E-state index contributed by atoms with van der Waals surface area (Å²) < 4.78 is 2.82. The molecule has 98 valence electrons. The zero-order valence-corrected chi connectivity index (χ0v) is 12.7. The number of aromatic nitrogens is 3. The predicted octanol–water partition coefficient (Wildman–Crippen LogP) is 2.99. The van der Waals surface area contributed by atoms with Gasteiger partial charge < -0.3 is 9.67 Å². The van der Waals surface area contributed by atoms with E-state index in [2.05, 4.69) is 38.0 Å². The van der Waals surface area contributed by atoms with Crippen LogP contribution in [-0.2, 0) is 13.5 Å². The van der Waals surface area contributed by atoms with Crippen LogP contribution in [0.1, 0.15) is 4.88 Å². The van der Waals surface area contributed by atoms with Gasteiger partial charge in [0.2, 0.25) is 0 Å². The van der Waals surface area contributed by atoms with Gasteiger partial charge in [-0.25, -0.2) is 9.97 Å². The number of thiazole rings is 1. The maximum absolute atomic E-state index is 9.01. The van der Waals surface area contributed by atoms with Crippen LogP contribution in [0.15, 0.2) is 29.1 Å². The molecule has 1 N–H and O–H groups in total. The minimum atomic E-state index is 0.138. The first-order valence-electron chi connectivity index (χ1n) is 5.86. The molecular weight excluding hydrogens is 326 g/mol. The lowest BCUT2D eigenvalue weighted by atomic mass is 10.2. The molecule has 0 saturated carbocycles. The first-order chi connectivity index (χ1) is 9.19. The van der Waals surface area contributed by atoms with Crippen LogP contribution in [0.25, 0.3) is 21.6 Å². The maximum atomic E-state index is 9.01. The third-order valence-electron chi connectivity index (χ3n) is 2.96. The molecule has 0 fully saturated rings. The number of aliphatic hydroxyl groups is 1. The molecule has 0 saturated heterocycles. The van der Waals surface area contributed by atoms with Gasteiger partial charge in [-0.3, -0.25) is 0 Å². The molecule has 2 heterocycles. The van der Waals surface area contributed by atoms with Gasteiger partial charge in [0.05, 0.1) is 17.4 Å². The molecule has 0 spiro atoms. The molecule has 1 aromatic carbocycles. The van der Waals surface area contributed by atoms with Crippen molar-refractivity contribution in [3.05, 3.63) is 34.0 Å². The highest BCUT2D eigenvalue weighted by molar-refractivity contribution is 9.10. The number of hydrogen-bond acceptors (Lipinski definition) is 4. The van der Waals surface area contributed by atoms with E-state index in [-0.39, 0.29) is 6.61 Å². The third-order valence-corrected chi connectivity index (χ3v) is 5.04. The molecule has 4 nitrogen and oxygen atoms in total. The van der Waals surface area contributed by atoms with Crippen LogP contribution in [0, 0.1) is 0 Å². The largest absolute Gasteiger partial charge is 0.396 e. The molecule has 0 radical (unpaired) electrons. The fraction of sp³-hybridized carbons (Fsp3) is 0.231. The number of nitrogens with zero attached hydrogens (tertiary/aromatic N) is 3. The predicted molar refractivity (Wildman–Crippen MR) is 80.3 cm³/mol. The number of rotatable bonds is 3. The van der Waals surface area contributed by atoms with Crippen molar-refractivity contribution in [3.8, 4) is 10.6 Å². The Bertz CT molecular complexity index is 735. The molecule has 0 bridgehead atoms. The van der Waals surface area contributed by atoms with E-state index in [0.717, 1.165) is 31.1 Å². The molecule has 0 atom stereocenters. The van der Waals surface area contributed by atoms with Crippen molar-refractivity contribution in [3.63, 3.8) is 0 Å². The monoisotopic (exact) mass is 337 g/mol. The van der Waals surface area contributed by atoms with Crippen molar-refractivity contribution in [1.82, 2.24) is 14.5 Å². The van der Waals surface area contributed by atoms with Gasteiger partial charge in [-0.2, -0.15) is 0 Å². The second-order valence-corrected chi connectivity index (χ2v) is 6.10. The Morgan fingerprint density at radius 1 is 1.42 bits per heavy atom. The van der Waals surface area contributed by atoms with Gasteiger partial charge in [-0.1, -0.05) is 0 Å². The highest BCUT2D eigenvalue weighted by Crippen LogP contribution is 2.32. The average Bonchev–Trinajstić information content (AvgIpc) is 2.95. The molecule has 3 aromatic rings. The SMILES string of the molecule is Cn1cnc2cc(-c3nc(Br)c(CCO)s3)ccc21. The number of aryl methyl sites for hydroxylation is 1. The van der Waals surface area contributed by atoms with Crippen molar-refractivity contribution in [2.24, 2.45) is 7.05 Å².